The van der Waals surface area contributed by atoms with E-state index in [4.69, 9.17) is 0 Å². The lowest BCUT2D eigenvalue weighted by atomic mass is 9.84. The maximum absolute atomic E-state index is 12.7. The van der Waals surface area contributed by atoms with Gasteiger partial charge in [0.05, 0.1) is 6.04 Å². The number of carbonyl (C=O) groups excluding carboxylic acids is 1. The van der Waals surface area contributed by atoms with Gasteiger partial charge in [-0.25, -0.2) is 4.39 Å². The summed E-state index contributed by atoms with van der Waals surface area (Å²) >= 11 is 0. The third-order valence-corrected chi connectivity index (χ3v) is 3.20. The van der Waals surface area contributed by atoms with Gasteiger partial charge in [0.1, 0.15) is 5.82 Å². The lowest BCUT2D eigenvalue weighted by molar-refractivity contribution is -0.128. The summed E-state index contributed by atoms with van der Waals surface area (Å²) in [6.07, 6.45) is 3.16. The molecule has 0 heterocycles. The van der Waals surface area contributed by atoms with Crippen molar-refractivity contribution in [1.82, 2.24) is 5.32 Å². The molecule has 0 bridgehead atoms. The van der Waals surface area contributed by atoms with Crippen LogP contribution in [0.25, 0.3) is 0 Å². The van der Waals surface area contributed by atoms with E-state index in [9.17, 15) is 9.18 Å². The second kappa shape index (κ2) is 4.64. The highest BCUT2D eigenvalue weighted by Gasteiger charge is 2.26. The number of benzene rings is 1. The Balaban J connectivity index is 1.94. The van der Waals surface area contributed by atoms with E-state index in [1.807, 2.05) is 6.92 Å². The van der Waals surface area contributed by atoms with E-state index in [0.29, 0.717) is 0 Å². The molecule has 1 unspecified atom stereocenters. The molecule has 1 amide bonds. The van der Waals surface area contributed by atoms with E-state index in [1.165, 1.54) is 12.1 Å². The highest BCUT2D eigenvalue weighted by Crippen LogP contribution is 2.27. The summed E-state index contributed by atoms with van der Waals surface area (Å²) in [6, 6.07) is 6.21. The first-order valence-electron chi connectivity index (χ1n) is 5.72. The highest BCUT2D eigenvalue weighted by atomic mass is 19.1. The van der Waals surface area contributed by atoms with Gasteiger partial charge in [-0.05, 0) is 37.5 Å². The summed E-state index contributed by atoms with van der Waals surface area (Å²) in [7, 11) is 0. The van der Waals surface area contributed by atoms with E-state index >= 15 is 0 Å². The Labute approximate surface area is 94.9 Å². The Bertz CT molecular complexity index is 370. The molecule has 1 aromatic carbocycles. The quantitative estimate of drug-likeness (QED) is 0.835. The molecule has 2 rings (SSSR count). The summed E-state index contributed by atoms with van der Waals surface area (Å²) in [5.41, 5.74) is 0.939. The molecule has 1 aliphatic rings. The molecule has 1 saturated carbocycles. The number of hydrogen-bond donors (Lipinski definition) is 1. The second-order valence-corrected chi connectivity index (χ2v) is 4.41. The Hall–Kier alpha value is -1.38. The maximum Gasteiger partial charge on any atom is 0.223 e. The third-order valence-electron chi connectivity index (χ3n) is 3.20. The fourth-order valence-corrected chi connectivity index (χ4v) is 1.84. The molecule has 1 atom stereocenters. The largest absolute Gasteiger partial charge is 0.349 e. The number of rotatable bonds is 3. The van der Waals surface area contributed by atoms with E-state index in [1.54, 1.807) is 12.1 Å². The molecule has 0 aromatic heterocycles. The molecule has 0 aliphatic heterocycles. The van der Waals surface area contributed by atoms with Crippen molar-refractivity contribution in [3.63, 3.8) is 0 Å². The average Bonchev–Trinajstić information content (AvgIpc) is 2.15. The van der Waals surface area contributed by atoms with Crippen LogP contribution < -0.4 is 5.32 Å². The minimum absolute atomic E-state index is 0.0475. The van der Waals surface area contributed by atoms with Gasteiger partial charge in [-0.2, -0.15) is 0 Å². The van der Waals surface area contributed by atoms with Gasteiger partial charge in [-0.3, -0.25) is 4.79 Å². The van der Waals surface area contributed by atoms with E-state index in [0.717, 1.165) is 24.8 Å². The predicted octanol–water partition coefficient (Wildman–Crippen LogP) is 2.80. The van der Waals surface area contributed by atoms with Gasteiger partial charge >= 0.3 is 0 Å². The maximum atomic E-state index is 12.7. The van der Waals surface area contributed by atoms with Crippen molar-refractivity contribution < 1.29 is 9.18 Å². The van der Waals surface area contributed by atoms with Crippen LogP contribution in [0.15, 0.2) is 24.3 Å². The van der Waals surface area contributed by atoms with Gasteiger partial charge in [-0.15, -0.1) is 0 Å². The molecule has 0 saturated heterocycles. The summed E-state index contributed by atoms with van der Waals surface area (Å²) < 4.78 is 12.7. The molecule has 16 heavy (non-hydrogen) atoms. The monoisotopic (exact) mass is 221 g/mol. The molecule has 1 aromatic rings. The van der Waals surface area contributed by atoms with Crippen molar-refractivity contribution in [1.29, 1.82) is 0 Å². The van der Waals surface area contributed by atoms with E-state index in [2.05, 4.69) is 5.32 Å². The molecule has 86 valence electrons. The van der Waals surface area contributed by atoms with Crippen molar-refractivity contribution in [2.45, 2.75) is 32.2 Å². The van der Waals surface area contributed by atoms with Crippen LogP contribution >= 0.6 is 0 Å². The Morgan fingerprint density at radius 2 is 2.00 bits per heavy atom. The number of hydrogen-bond acceptors (Lipinski definition) is 1. The van der Waals surface area contributed by atoms with Gasteiger partial charge < -0.3 is 5.32 Å². The topological polar surface area (TPSA) is 29.1 Å². The van der Waals surface area contributed by atoms with Gasteiger partial charge in [0, 0.05) is 5.92 Å². The lowest BCUT2D eigenvalue weighted by Crippen LogP contribution is -2.35. The zero-order valence-corrected chi connectivity index (χ0v) is 9.37. The molecule has 0 spiro atoms. The molecular formula is C13H16FNO. The SMILES string of the molecule is CC(NC(=O)C1CCC1)c1ccc(F)cc1. The normalized spacial score (nSPS) is 17.6. The number of nitrogens with one attached hydrogen (secondary N) is 1. The Kier molecular flexibility index (Phi) is 3.22. The Morgan fingerprint density at radius 3 is 2.50 bits per heavy atom. The Morgan fingerprint density at radius 1 is 1.38 bits per heavy atom. The zero-order valence-electron chi connectivity index (χ0n) is 9.37. The standard InChI is InChI=1S/C13H16FNO/c1-9(10-5-7-12(14)8-6-10)15-13(16)11-3-2-4-11/h5-9,11H,2-4H2,1H3,(H,15,16). The van der Waals surface area contributed by atoms with Crippen LogP contribution in [-0.4, -0.2) is 5.91 Å². The fraction of sp³-hybridized carbons (Fsp3) is 0.462. The molecule has 3 heteroatoms. The van der Waals surface area contributed by atoms with Crippen LogP contribution in [-0.2, 0) is 4.79 Å². The van der Waals surface area contributed by atoms with Crippen LogP contribution in [0.4, 0.5) is 4.39 Å². The first-order chi connectivity index (χ1) is 7.66. The van der Waals surface area contributed by atoms with Crippen molar-refractivity contribution in [3.05, 3.63) is 35.6 Å². The molecule has 0 radical (unpaired) electrons. The van der Waals surface area contributed by atoms with Crippen LogP contribution in [0.3, 0.4) is 0 Å². The van der Waals surface area contributed by atoms with Crippen molar-refractivity contribution in [2.75, 3.05) is 0 Å². The average molecular weight is 221 g/mol. The summed E-state index contributed by atoms with van der Waals surface area (Å²) in [6.45, 7) is 1.92. The summed E-state index contributed by atoms with van der Waals surface area (Å²) in [4.78, 5) is 11.7. The second-order valence-electron chi connectivity index (χ2n) is 4.41. The van der Waals surface area contributed by atoms with Crippen LogP contribution in [0.5, 0.6) is 0 Å². The van der Waals surface area contributed by atoms with Crippen molar-refractivity contribution >= 4 is 5.91 Å². The fourth-order valence-electron chi connectivity index (χ4n) is 1.84. The van der Waals surface area contributed by atoms with Gasteiger partial charge in [-0.1, -0.05) is 18.6 Å². The summed E-state index contributed by atoms with van der Waals surface area (Å²) in [5, 5.41) is 2.96. The molecule has 1 fully saturated rings. The molecule has 1 aliphatic carbocycles. The van der Waals surface area contributed by atoms with Crippen molar-refractivity contribution in [2.24, 2.45) is 5.92 Å². The lowest BCUT2D eigenvalue weighted by Gasteiger charge is -2.26. The number of halogens is 1. The summed E-state index contributed by atoms with van der Waals surface area (Å²) in [5.74, 6) is 0.0762. The highest BCUT2D eigenvalue weighted by molar-refractivity contribution is 5.79. The van der Waals surface area contributed by atoms with Gasteiger partial charge in [0.15, 0.2) is 0 Å². The number of amides is 1. The van der Waals surface area contributed by atoms with E-state index in [-0.39, 0.29) is 23.7 Å². The smallest absolute Gasteiger partial charge is 0.223 e. The van der Waals surface area contributed by atoms with Crippen molar-refractivity contribution in [3.8, 4) is 0 Å². The molecular weight excluding hydrogens is 205 g/mol. The molecule has 2 nitrogen and oxygen atoms in total. The first kappa shape index (κ1) is 11.1. The first-order valence-corrected chi connectivity index (χ1v) is 5.72. The minimum atomic E-state index is -0.249. The van der Waals surface area contributed by atoms with Gasteiger partial charge in [0.2, 0.25) is 5.91 Å². The number of carbonyl (C=O) groups is 1. The zero-order chi connectivity index (χ0) is 11.5. The predicted molar refractivity (Wildman–Crippen MR) is 60.3 cm³/mol. The van der Waals surface area contributed by atoms with Gasteiger partial charge in [0.25, 0.3) is 0 Å². The van der Waals surface area contributed by atoms with Crippen LogP contribution in [0, 0.1) is 11.7 Å². The van der Waals surface area contributed by atoms with Crippen LogP contribution in [0.1, 0.15) is 37.8 Å². The molecule has 1 N–H and O–H groups in total. The van der Waals surface area contributed by atoms with Crippen LogP contribution in [0.2, 0.25) is 0 Å². The minimum Gasteiger partial charge on any atom is -0.349 e. The third kappa shape index (κ3) is 2.40. The van der Waals surface area contributed by atoms with E-state index < -0.39 is 0 Å².